The molecular formula is C30H30N6O3. The highest BCUT2D eigenvalue weighted by Gasteiger charge is 2.25. The van der Waals surface area contributed by atoms with E-state index in [2.05, 4.69) is 27.3 Å². The summed E-state index contributed by atoms with van der Waals surface area (Å²) in [6, 6.07) is 22.6. The van der Waals surface area contributed by atoms with E-state index in [1.165, 1.54) is 4.68 Å². The number of benzene rings is 3. The molecule has 0 aliphatic carbocycles. The Morgan fingerprint density at radius 2 is 1.59 bits per heavy atom. The molecule has 0 saturated carbocycles. The molecule has 9 heteroatoms. The van der Waals surface area contributed by atoms with Crippen molar-refractivity contribution in [3.8, 4) is 11.4 Å². The average molecular weight is 523 g/mol. The summed E-state index contributed by atoms with van der Waals surface area (Å²) in [5.41, 5.74) is 3.37. The third kappa shape index (κ3) is 4.30. The molecule has 1 saturated heterocycles. The Labute approximate surface area is 225 Å². The molecule has 3 aromatic carbocycles. The van der Waals surface area contributed by atoms with E-state index in [1.54, 1.807) is 31.4 Å². The van der Waals surface area contributed by atoms with Crippen molar-refractivity contribution in [2.45, 2.75) is 0 Å². The van der Waals surface area contributed by atoms with E-state index >= 15 is 0 Å². The number of fused-ring (bicyclic) bond motifs is 3. The van der Waals surface area contributed by atoms with Gasteiger partial charge in [-0.3, -0.25) is 9.59 Å². The molecule has 1 fully saturated rings. The Morgan fingerprint density at radius 3 is 2.33 bits per heavy atom. The first-order chi connectivity index (χ1) is 19.0. The predicted octanol–water partition coefficient (Wildman–Crippen LogP) is 3.89. The Balaban J connectivity index is 1.50. The molecule has 1 amide bonds. The fraction of sp³-hybridized carbons (Fsp3) is 0.233. The van der Waals surface area contributed by atoms with Crippen LogP contribution < -0.4 is 20.5 Å². The fourth-order valence-corrected chi connectivity index (χ4v) is 5.32. The summed E-state index contributed by atoms with van der Waals surface area (Å²) in [6.45, 7) is 3.65. The van der Waals surface area contributed by atoms with Crippen LogP contribution in [0.4, 0.5) is 11.4 Å². The van der Waals surface area contributed by atoms with Crippen LogP contribution in [0.3, 0.4) is 0 Å². The minimum Gasteiger partial charge on any atom is -0.497 e. The van der Waals surface area contributed by atoms with Crippen molar-refractivity contribution < 1.29 is 9.53 Å². The van der Waals surface area contributed by atoms with Gasteiger partial charge in [-0.1, -0.05) is 30.3 Å². The number of ether oxygens (including phenoxy) is 1. The number of para-hydroxylation sites is 3. The molecule has 2 aromatic heterocycles. The van der Waals surface area contributed by atoms with Gasteiger partial charge in [0, 0.05) is 49.5 Å². The van der Waals surface area contributed by atoms with Gasteiger partial charge in [0.2, 0.25) is 0 Å². The number of carbonyl (C=O) groups excluding carboxylic acids is 1. The van der Waals surface area contributed by atoms with Crippen molar-refractivity contribution in [2.24, 2.45) is 7.05 Å². The summed E-state index contributed by atoms with van der Waals surface area (Å²) in [6.07, 6.45) is 0. The Bertz CT molecular complexity index is 1750. The maximum Gasteiger partial charge on any atom is 0.296 e. The number of rotatable bonds is 5. The zero-order valence-electron chi connectivity index (χ0n) is 22.2. The quantitative estimate of drug-likeness (QED) is 0.377. The van der Waals surface area contributed by atoms with Crippen molar-refractivity contribution >= 4 is 39.1 Å². The number of piperazine rings is 1. The molecule has 5 aromatic rings. The fourth-order valence-electron chi connectivity index (χ4n) is 5.32. The number of nitrogens with one attached hydrogen (secondary N) is 1. The standard InChI is InChI=1S/C30H30N6O3/c1-33-16-18-35(19-17-33)25-11-7-5-9-23(25)31-29(37)27-26-22-8-4-6-10-24(22)34(2)28(26)30(38)36(32-27)20-12-14-21(39-3)15-13-20/h4-15H,16-19H2,1-3H3,(H,31,37). The van der Waals surface area contributed by atoms with Gasteiger partial charge in [0.25, 0.3) is 11.5 Å². The van der Waals surface area contributed by atoms with E-state index in [1.807, 2.05) is 60.1 Å². The smallest absolute Gasteiger partial charge is 0.296 e. The number of amides is 1. The average Bonchev–Trinajstić information content (AvgIpc) is 3.27. The lowest BCUT2D eigenvalue weighted by Crippen LogP contribution is -2.44. The van der Waals surface area contributed by atoms with Gasteiger partial charge in [-0.15, -0.1) is 0 Å². The van der Waals surface area contributed by atoms with E-state index in [-0.39, 0.29) is 17.2 Å². The lowest BCUT2D eigenvalue weighted by Gasteiger charge is -2.35. The SMILES string of the molecule is COc1ccc(-n2nc(C(=O)Nc3ccccc3N3CCN(C)CC3)c3c4ccccc4n(C)c3c2=O)cc1. The first-order valence-corrected chi connectivity index (χ1v) is 12.9. The number of aryl methyl sites for hydroxylation is 1. The number of anilines is 2. The Kier molecular flexibility index (Phi) is 6.28. The molecule has 1 aliphatic heterocycles. The van der Waals surface area contributed by atoms with Crippen LogP contribution in [0.5, 0.6) is 5.75 Å². The predicted molar refractivity (Wildman–Crippen MR) is 154 cm³/mol. The Hall–Kier alpha value is -4.63. The summed E-state index contributed by atoms with van der Waals surface area (Å²) in [4.78, 5) is 32.4. The third-order valence-corrected chi connectivity index (χ3v) is 7.47. The lowest BCUT2D eigenvalue weighted by molar-refractivity contribution is 0.102. The van der Waals surface area contributed by atoms with Gasteiger partial charge in [0.15, 0.2) is 5.69 Å². The van der Waals surface area contributed by atoms with Crippen LogP contribution in [0.1, 0.15) is 10.5 Å². The lowest BCUT2D eigenvalue weighted by atomic mass is 10.1. The molecule has 0 unspecified atom stereocenters. The summed E-state index contributed by atoms with van der Waals surface area (Å²) < 4.78 is 8.41. The van der Waals surface area contributed by atoms with Gasteiger partial charge >= 0.3 is 0 Å². The first-order valence-electron chi connectivity index (χ1n) is 12.9. The van der Waals surface area contributed by atoms with Crippen LogP contribution in [-0.2, 0) is 7.05 Å². The van der Waals surface area contributed by atoms with E-state index in [0.29, 0.717) is 28.0 Å². The molecule has 9 nitrogen and oxygen atoms in total. The number of nitrogens with zero attached hydrogens (tertiary/aromatic N) is 5. The second-order valence-electron chi connectivity index (χ2n) is 9.82. The van der Waals surface area contributed by atoms with E-state index in [0.717, 1.165) is 42.8 Å². The molecule has 3 heterocycles. The summed E-state index contributed by atoms with van der Waals surface area (Å²) >= 11 is 0. The van der Waals surface area contributed by atoms with E-state index in [4.69, 9.17) is 4.74 Å². The van der Waals surface area contributed by atoms with Crippen molar-refractivity contribution in [3.63, 3.8) is 0 Å². The van der Waals surface area contributed by atoms with Crippen molar-refractivity contribution in [2.75, 3.05) is 50.6 Å². The topological polar surface area (TPSA) is 84.6 Å². The maximum atomic E-state index is 14.0. The Morgan fingerprint density at radius 1 is 0.897 bits per heavy atom. The van der Waals surface area contributed by atoms with Gasteiger partial charge in [-0.25, -0.2) is 0 Å². The number of hydrogen-bond acceptors (Lipinski definition) is 6. The number of aromatic nitrogens is 3. The van der Waals surface area contributed by atoms with E-state index < -0.39 is 0 Å². The second-order valence-corrected chi connectivity index (χ2v) is 9.82. The number of likely N-dealkylation sites (N-methyl/N-ethyl adjacent to an activating group) is 1. The molecule has 39 heavy (non-hydrogen) atoms. The van der Waals surface area contributed by atoms with Crippen LogP contribution in [-0.4, -0.2) is 65.5 Å². The third-order valence-electron chi connectivity index (χ3n) is 7.47. The van der Waals surface area contributed by atoms with Crippen LogP contribution in [0, 0.1) is 0 Å². The van der Waals surface area contributed by atoms with Crippen LogP contribution in [0.15, 0.2) is 77.6 Å². The molecule has 198 valence electrons. The number of carbonyl (C=O) groups is 1. The van der Waals surface area contributed by atoms with Gasteiger partial charge in [-0.2, -0.15) is 9.78 Å². The molecule has 0 atom stereocenters. The van der Waals surface area contributed by atoms with Gasteiger partial charge in [0.05, 0.1) is 24.2 Å². The highest BCUT2D eigenvalue weighted by molar-refractivity contribution is 6.19. The van der Waals surface area contributed by atoms with Crippen molar-refractivity contribution in [3.05, 3.63) is 88.8 Å². The highest BCUT2D eigenvalue weighted by Crippen LogP contribution is 2.31. The molecule has 0 bridgehead atoms. The van der Waals surface area contributed by atoms with Crippen molar-refractivity contribution in [1.29, 1.82) is 0 Å². The zero-order valence-corrected chi connectivity index (χ0v) is 22.2. The molecule has 0 spiro atoms. The van der Waals surface area contributed by atoms with Crippen molar-refractivity contribution in [1.82, 2.24) is 19.2 Å². The number of hydrogen-bond donors (Lipinski definition) is 1. The van der Waals surface area contributed by atoms with Crippen LogP contribution >= 0.6 is 0 Å². The molecule has 1 N–H and O–H groups in total. The van der Waals surface area contributed by atoms with Crippen LogP contribution in [0.2, 0.25) is 0 Å². The normalized spacial score (nSPS) is 14.2. The van der Waals surface area contributed by atoms with Gasteiger partial charge in [0.1, 0.15) is 11.3 Å². The molecular weight excluding hydrogens is 492 g/mol. The molecule has 0 radical (unpaired) electrons. The minimum atomic E-state index is -0.375. The highest BCUT2D eigenvalue weighted by atomic mass is 16.5. The molecule has 6 rings (SSSR count). The minimum absolute atomic E-state index is 0.186. The largest absolute Gasteiger partial charge is 0.497 e. The molecule has 1 aliphatic rings. The summed E-state index contributed by atoms with van der Waals surface area (Å²) in [5.74, 6) is 0.288. The van der Waals surface area contributed by atoms with Crippen LogP contribution in [0.25, 0.3) is 27.5 Å². The summed E-state index contributed by atoms with van der Waals surface area (Å²) in [7, 11) is 5.54. The summed E-state index contributed by atoms with van der Waals surface area (Å²) in [5, 5.41) is 9.12. The monoisotopic (exact) mass is 522 g/mol. The second kappa shape index (κ2) is 9.92. The maximum absolute atomic E-state index is 14.0. The van der Waals surface area contributed by atoms with Gasteiger partial charge in [-0.05, 0) is 49.5 Å². The first kappa shape index (κ1) is 24.7. The zero-order chi connectivity index (χ0) is 27.1. The van der Waals surface area contributed by atoms with Gasteiger partial charge < -0.3 is 24.4 Å². The number of methoxy groups -OCH3 is 1. The van der Waals surface area contributed by atoms with E-state index in [9.17, 15) is 9.59 Å².